The summed E-state index contributed by atoms with van der Waals surface area (Å²) >= 11 is 0. The maximum atomic E-state index is 12.7. The maximum Gasteiger partial charge on any atom is 0.225 e. The van der Waals surface area contributed by atoms with E-state index < -0.39 is 0 Å². The topological polar surface area (TPSA) is 86.3 Å². The summed E-state index contributed by atoms with van der Waals surface area (Å²) in [5, 5.41) is 2.99. The van der Waals surface area contributed by atoms with Crippen molar-refractivity contribution in [1.29, 1.82) is 0 Å². The van der Waals surface area contributed by atoms with Crippen LogP contribution in [0.4, 0.5) is 0 Å². The van der Waals surface area contributed by atoms with Gasteiger partial charge in [-0.1, -0.05) is 12.1 Å². The second-order valence-electron chi connectivity index (χ2n) is 8.37. The van der Waals surface area contributed by atoms with Gasteiger partial charge in [0.05, 0.1) is 33.4 Å². The van der Waals surface area contributed by atoms with E-state index in [1.54, 1.807) is 19.1 Å². The van der Waals surface area contributed by atoms with E-state index in [1.807, 2.05) is 50.2 Å². The number of hydrogen-bond acceptors (Lipinski definition) is 6. The van der Waals surface area contributed by atoms with Crippen molar-refractivity contribution in [2.24, 2.45) is 5.92 Å². The Kier molecular flexibility index (Phi) is 9.64. The summed E-state index contributed by atoms with van der Waals surface area (Å²) < 4.78 is 21.9. The van der Waals surface area contributed by atoms with E-state index in [1.165, 1.54) is 0 Å². The van der Waals surface area contributed by atoms with Gasteiger partial charge < -0.3 is 29.2 Å². The number of methoxy groups -OCH3 is 2. The molecule has 1 aliphatic heterocycles. The van der Waals surface area contributed by atoms with Crippen molar-refractivity contribution in [3.8, 4) is 23.0 Å². The summed E-state index contributed by atoms with van der Waals surface area (Å²) in [6.07, 6.45) is 1.59. The Morgan fingerprint density at radius 3 is 2.23 bits per heavy atom. The highest BCUT2D eigenvalue weighted by Crippen LogP contribution is 2.29. The number of amides is 2. The highest BCUT2D eigenvalue weighted by atomic mass is 16.5. The van der Waals surface area contributed by atoms with E-state index in [0.29, 0.717) is 62.9 Å². The van der Waals surface area contributed by atoms with Crippen molar-refractivity contribution in [2.45, 2.75) is 33.1 Å². The highest BCUT2D eigenvalue weighted by Gasteiger charge is 2.33. The Morgan fingerprint density at radius 2 is 1.54 bits per heavy atom. The Balaban J connectivity index is 1.47. The smallest absolute Gasteiger partial charge is 0.225 e. The standard InChI is InChI=1S/C27H36N2O6/c1-5-34-23-10-8-19(16-25(23)35-6-2)11-13-28-27(31)21-17-26(30)29(18-21)14-12-20-7-9-22(32-3)24(15-20)33-4/h7-10,15-16,21H,5-6,11-14,17-18H2,1-4H3,(H,28,31)/t21-/m0/s1. The molecule has 1 saturated heterocycles. The monoisotopic (exact) mass is 484 g/mol. The van der Waals surface area contributed by atoms with Crippen LogP contribution >= 0.6 is 0 Å². The zero-order valence-electron chi connectivity index (χ0n) is 21.1. The third kappa shape index (κ3) is 7.04. The first-order chi connectivity index (χ1) is 17.0. The van der Waals surface area contributed by atoms with E-state index >= 15 is 0 Å². The maximum absolute atomic E-state index is 12.7. The lowest BCUT2D eigenvalue weighted by molar-refractivity contribution is -0.129. The van der Waals surface area contributed by atoms with Gasteiger partial charge in [0, 0.05) is 26.1 Å². The number of nitrogens with zero attached hydrogens (tertiary/aromatic N) is 1. The number of carbonyl (C=O) groups is 2. The predicted molar refractivity (Wildman–Crippen MR) is 133 cm³/mol. The molecule has 1 heterocycles. The first kappa shape index (κ1) is 26.2. The Labute approximate surface area is 207 Å². The van der Waals surface area contributed by atoms with Crippen LogP contribution in [0.15, 0.2) is 36.4 Å². The fourth-order valence-electron chi connectivity index (χ4n) is 4.19. The second-order valence-corrected chi connectivity index (χ2v) is 8.37. The summed E-state index contributed by atoms with van der Waals surface area (Å²) in [5.74, 6) is 2.37. The molecule has 1 atom stereocenters. The lowest BCUT2D eigenvalue weighted by atomic mass is 10.1. The van der Waals surface area contributed by atoms with Crippen LogP contribution in [-0.4, -0.2) is 63.8 Å². The normalized spacial score (nSPS) is 15.1. The lowest BCUT2D eigenvalue weighted by Crippen LogP contribution is -2.34. The van der Waals surface area contributed by atoms with Gasteiger partial charge in [0.1, 0.15) is 0 Å². The summed E-state index contributed by atoms with van der Waals surface area (Å²) in [7, 11) is 3.20. The van der Waals surface area contributed by atoms with E-state index in [4.69, 9.17) is 18.9 Å². The van der Waals surface area contributed by atoms with Gasteiger partial charge in [0.15, 0.2) is 23.0 Å². The number of carbonyl (C=O) groups excluding carboxylic acids is 2. The van der Waals surface area contributed by atoms with Gasteiger partial charge in [-0.3, -0.25) is 9.59 Å². The van der Waals surface area contributed by atoms with Crippen molar-refractivity contribution < 1.29 is 28.5 Å². The summed E-state index contributed by atoms with van der Waals surface area (Å²) in [6.45, 7) is 6.49. The largest absolute Gasteiger partial charge is 0.493 e. The molecule has 2 aromatic carbocycles. The predicted octanol–water partition coefficient (Wildman–Crippen LogP) is 3.25. The molecule has 0 aliphatic carbocycles. The molecule has 3 rings (SSSR count). The minimum absolute atomic E-state index is 0.0125. The molecule has 0 radical (unpaired) electrons. The van der Waals surface area contributed by atoms with Crippen LogP contribution in [0.3, 0.4) is 0 Å². The molecule has 35 heavy (non-hydrogen) atoms. The van der Waals surface area contributed by atoms with Crippen LogP contribution in [0.1, 0.15) is 31.4 Å². The molecule has 0 saturated carbocycles. The van der Waals surface area contributed by atoms with Crippen LogP contribution in [0.2, 0.25) is 0 Å². The second kappa shape index (κ2) is 12.9. The molecule has 1 aliphatic rings. The zero-order valence-corrected chi connectivity index (χ0v) is 21.1. The Hall–Kier alpha value is -3.42. The fourth-order valence-corrected chi connectivity index (χ4v) is 4.19. The number of rotatable bonds is 13. The average molecular weight is 485 g/mol. The van der Waals surface area contributed by atoms with Gasteiger partial charge in [-0.25, -0.2) is 0 Å². The number of likely N-dealkylation sites (tertiary alicyclic amines) is 1. The SMILES string of the molecule is CCOc1ccc(CCNC(=O)[C@H]2CC(=O)N(CCc3ccc(OC)c(OC)c3)C2)cc1OCC. The molecule has 8 nitrogen and oxygen atoms in total. The highest BCUT2D eigenvalue weighted by molar-refractivity contribution is 5.89. The van der Waals surface area contributed by atoms with E-state index in [-0.39, 0.29) is 24.2 Å². The third-order valence-corrected chi connectivity index (χ3v) is 6.02. The zero-order chi connectivity index (χ0) is 25.2. The Morgan fingerprint density at radius 1 is 0.914 bits per heavy atom. The van der Waals surface area contributed by atoms with Gasteiger partial charge in [-0.2, -0.15) is 0 Å². The number of hydrogen-bond donors (Lipinski definition) is 1. The molecule has 8 heteroatoms. The lowest BCUT2D eigenvalue weighted by Gasteiger charge is -2.17. The molecule has 2 amide bonds. The molecule has 0 aromatic heterocycles. The van der Waals surface area contributed by atoms with Crippen LogP contribution in [0.25, 0.3) is 0 Å². The quantitative estimate of drug-likeness (QED) is 0.470. The molecular formula is C27H36N2O6. The van der Waals surface area contributed by atoms with Crippen molar-refractivity contribution in [1.82, 2.24) is 10.2 Å². The van der Waals surface area contributed by atoms with Crippen LogP contribution < -0.4 is 24.3 Å². The minimum Gasteiger partial charge on any atom is -0.493 e. The number of nitrogens with one attached hydrogen (secondary N) is 1. The van der Waals surface area contributed by atoms with Crippen molar-refractivity contribution in [3.05, 3.63) is 47.5 Å². The number of benzene rings is 2. The van der Waals surface area contributed by atoms with Crippen molar-refractivity contribution in [3.63, 3.8) is 0 Å². The van der Waals surface area contributed by atoms with Crippen LogP contribution in [-0.2, 0) is 22.4 Å². The Bertz CT molecular complexity index is 1010. The average Bonchev–Trinajstić information content (AvgIpc) is 3.24. The first-order valence-corrected chi connectivity index (χ1v) is 12.1. The van der Waals surface area contributed by atoms with Gasteiger partial charge in [-0.05, 0) is 62.1 Å². The molecule has 1 N–H and O–H groups in total. The third-order valence-electron chi connectivity index (χ3n) is 6.02. The molecule has 0 spiro atoms. The summed E-state index contributed by atoms with van der Waals surface area (Å²) in [6, 6.07) is 11.6. The van der Waals surface area contributed by atoms with Gasteiger partial charge in [0.2, 0.25) is 11.8 Å². The van der Waals surface area contributed by atoms with E-state index in [2.05, 4.69) is 5.32 Å². The van der Waals surface area contributed by atoms with Gasteiger partial charge >= 0.3 is 0 Å². The molecule has 2 aromatic rings. The van der Waals surface area contributed by atoms with E-state index in [0.717, 1.165) is 16.9 Å². The summed E-state index contributed by atoms with van der Waals surface area (Å²) in [4.78, 5) is 27.0. The first-order valence-electron chi connectivity index (χ1n) is 12.1. The molecule has 0 unspecified atom stereocenters. The van der Waals surface area contributed by atoms with Crippen molar-refractivity contribution >= 4 is 11.8 Å². The molecular weight excluding hydrogens is 448 g/mol. The van der Waals surface area contributed by atoms with Crippen LogP contribution in [0.5, 0.6) is 23.0 Å². The molecule has 0 bridgehead atoms. The minimum atomic E-state index is -0.327. The van der Waals surface area contributed by atoms with Gasteiger partial charge in [-0.15, -0.1) is 0 Å². The molecule has 1 fully saturated rings. The van der Waals surface area contributed by atoms with Crippen molar-refractivity contribution in [2.75, 3.05) is 47.1 Å². The van der Waals surface area contributed by atoms with Crippen LogP contribution in [0, 0.1) is 5.92 Å². The van der Waals surface area contributed by atoms with E-state index in [9.17, 15) is 9.59 Å². The summed E-state index contributed by atoms with van der Waals surface area (Å²) in [5.41, 5.74) is 2.10. The molecule has 190 valence electrons. The van der Waals surface area contributed by atoms with Gasteiger partial charge in [0.25, 0.3) is 0 Å². The number of ether oxygens (including phenoxy) is 4. The fraction of sp³-hybridized carbons (Fsp3) is 0.481.